The Kier molecular flexibility index (Phi) is 15.1. The minimum Gasteiger partial charge on any atom is -0.672 e. The summed E-state index contributed by atoms with van der Waals surface area (Å²) in [4.78, 5) is 17.8. The average molecular weight is 866 g/mol. The van der Waals surface area contributed by atoms with Gasteiger partial charge in [-0.25, -0.2) is 65.9 Å². The van der Waals surface area contributed by atoms with Gasteiger partial charge in [0.2, 0.25) is 0 Å². The Morgan fingerprint density at radius 2 is 0.912 bits per heavy atom. The quantitative estimate of drug-likeness (QED) is 0.0583. The number of halogens is 15. The van der Waals surface area contributed by atoms with Crippen molar-refractivity contribution in [2.24, 2.45) is 4.99 Å². The van der Waals surface area contributed by atoms with Gasteiger partial charge in [0.25, 0.3) is 12.3 Å². The van der Waals surface area contributed by atoms with Crippen molar-refractivity contribution in [3.63, 3.8) is 0 Å². The van der Waals surface area contributed by atoms with E-state index in [1.165, 1.54) is 6.07 Å². The Balaban J connectivity index is 0.000000979. The molecule has 4 aromatic rings. The molecule has 0 aromatic heterocycles. The van der Waals surface area contributed by atoms with Gasteiger partial charge >= 0.3 is 16.5 Å². The van der Waals surface area contributed by atoms with Gasteiger partial charge in [0, 0.05) is 11.6 Å². The molecule has 0 saturated heterocycles. The number of carbonyl (C=O) groups excluding carboxylic acids is 1. The Labute approximate surface area is 323 Å². The van der Waals surface area contributed by atoms with Crippen molar-refractivity contribution in [2.45, 2.75) is 26.7 Å². The number of rotatable bonds is 8. The van der Waals surface area contributed by atoms with Crippen molar-refractivity contribution in [2.75, 3.05) is 0 Å². The van der Waals surface area contributed by atoms with Crippen molar-refractivity contribution in [3.8, 4) is 0 Å². The number of hydrogen-bond donors (Lipinski definition) is 0. The zero-order chi connectivity index (χ0) is 42.0. The Morgan fingerprint density at radius 3 is 1.21 bits per heavy atom. The molecule has 0 N–H and O–H groups in total. The summed E-state index contributed by atoms with van der Waals surface area (Å²) in [6.07, 6.45) is 3.69. The van der Waals surface area contributed by atoms with Crippen LogP contribution in [0.4, 0.5) is 71.5 Å². The fourth-order valence-corrected chi connectivity index (χ4v) is 5.57. The van der Waals surface area contributed by atoms with Crippen LogP contribution in [0.1, 0.15) is 37.0 Å². The number of nitrogens with zero attached hydrogens (tertiary/aromatic N) is 1. The number of carbonyl (C=O) groups is 1. The van der Waals surface area contributed by atoms with Gasteiger partial charge in [-0.3, -0.25) is 9.79 Å². The van der Waals surface area contributed by atoms with E-state index in [2.05, 4.69) is 11.9 Å². The summed E-state index contributed by atoms with van der Waals surface area (Å²) >= 11 is 0. The molecule has 4 aromatic carbocycles. The van der Waals surface area contributed by atoms with Crippen LogP contribution in [-0.2, 0) is 21.1 Å². The summed E-state index contributed by atoms with van der Waals surface area (Å²) in [7, 11) is 0. The minimum atomic E-state index is -6.53. The van der Waals surface area contributed by atoms with E-state index in [-0.39, 0.29) is 35.0 Å². The Morgan fingerprint density at radius 1 is 0.561 bits per heavy atom. The van der Waals surface area contributed by atoms with E-state index in [0.29, 0.717) is 6.07 Å². The van der Waals surface area contributed by atoms with Crippen LogP contribution in [0, 0.1) is 107 Å². The molecule has 20 heteroatoms. The van der Waals surface area contributed by atoms with Gasteiger partial charge in [0.15, 0.2) is 52.4 Å². The van der Waals surface area contributed by atoms with Gasteiger partial charge in [-0.05, 0) is 38.3 Å². The molecule has 1 aliphatic carbocycles. The van der Waals surface area contributed by atoms with Crippen LogP contribution in [0.2, 0.25) is 0 Å². The van der Waals surface area contributed by atoms with Gasteiger partial charge in [0.1, 0.15) is 34.9 Å². The molecule has 0 atom stereocenters. The van der Waals surface area contributed by atoms with Crippen LogP contribution in [0.5, 0.6) is 0 Å². The van der Waals surface area contributed by atoms with Gasteiger partial charge in [-0.15, -0.1) is 0 Å². The molecule has 0 spiro atoms. The third kappa shape index (κ3) is 8.37. The first-order valence-electron chi connectivity index (χ1n) is 15.8. The van der Waals surface area contributed by atoms with E-state index in [9.17, 15) is 44.3 Å². The van der Waals surface area contributed by atoms with E-state index in [1.54, 1.807) is 13.8 Å². The maximum absolute atomic E-state index is 15.6. The number of para-hydroxylation sites is 1. The molecule has 0 fully saturated rings. The zero-order valence-corrected chi connectivity index (χ0v) is 29.6. The number of benzene rings is 4. The number of allylic oxidation sites excluding steroid dienone is 4. The predicted molar refractivity (Wildman–Crippen MR) is 174 cm³/mol. The monoisotopic (exact) mass is 865 g/mol. The molecule has 5 rings (SSSR count). The molecular formula is C37H21BF15NNiO2+. The average Bonchev–Trinajstić information content (AvgIpc) is 3.19. The standard InChI is InChI=1S/C30H14BF15NO2.C7H7.Ni/c1-3-9(4-2)47-11-8-6-5-7-10(11)30(48)49-31(12-15(32)21(38)27(44)22(39)16(12)33,13-17(34)23(40)28(45)24(41)18(13)35)14-19(36)25(42)29(46)26(43)20(14)37;1-7-5-3-2-4-6-7;/h5-8H,3-4H2,1-2H3;2-6H,1H2;/q-1;;+2. The van der Waals surface area contributed by atoms with E-state index < -0.39 is 127 Å². The third-order valence-corrected chi connectivity index (χ3v) is 8.30. The van der Waals surface area contributed by atoms with E-state index >= 15 is 26.3 Å². The van der Waals surface area contributed by atoms with Gasteiger partial charge < -0.3 is 4.65 Å². The van der Waals surface area contributed by atoms with Crippen LogP contribution >= 0.6 is 0 Å². The Hall–Kier alpha value is -4.99. The maximum atomic E-state index is 15.6. The minimum absolute atomic E-state index is 0. The summed E-state index contributed by atoms with van der Waals surface area (Å²) in [6.45, 7) is 6.85. The van der Waals surface area contributed by atoms with Gasteiger partial charge in [-0.2, -0.15) is 0 Å². The van der Waals surface area contributed by atoms with E-state index in [1.807, 2.05) is 30.7 Å². The first-order valence-corrected chi connectivity index (χ1v) is 15.8. The zero-order valence-electron chi connectivity index (χ0n) is 28.6. The van der Waals surface area contributed by atoms with Crippen molar-refractivity contribution in [3.05, 3.63) is 161 Å². The second-order valence-corrected chi connectivity index (χ2v) is 11.5. The predicted octanol–water partition coefficient (Wildman–Crippen LogP) is 9.21. The molecule has 0 aliphatic heterocycles. The summed E-state index contributed by atoms with van der Waals surface area (Å²) < 4.78 is 229. The fraction of sp³-hybridized carbons (Fsp3) is 0.108. The van der Waals surface area contributed by atoms with Crippen molar-refractivity contribution < 1.29 is 91.8 Å². The molecule has 57 heavy (non-hydrogen) atoms. The van der Waals surface area contributed by atoms with Crippen molar-refractivity contribution in [1.82, 2.24) is 0 Å². The number of hydrogen-bond acceptors (Lipinski definition) is 3. The van der Waals surface area contributed by atoms with Gasteiger partial charge in [-0.1, -0.05) is 66.7 Å². The summed E-state index contributed by atoms with van der Waals surface area (Å²) in [5, 5.41) is 0. The summed E-state index contributed by atoms with van der Waals surface area (Å²) in [5.74, 6) is -49.8. The first kappa shape index (κ1) is 46.4. The summed E-state index contributed by atoms with van der Waals surface area (Å²) in [6, 6.07) is 3.83. The largest absolute Gasteiger partial charge is 2.00 e. The second-order valence-electron chi connectivity index (χ2n) is 11.5. The van der Waals surface area contributed by atoms with E-state index in [4.69, 9.17) is 4.65 Å². The van der Waals surface area contributed by atoms with Crippen molar-refractivity contribution in [1.29, 1.82) is 0 Å². The third-order valence-electron chi connectivity index (χ3n) is 8.30. The number of aliphatic imine (C=N–C) groups is 1. The molecule has 0 bridgehead atoms. The molecule has 1 aliphatic rings. The maximum Gasteiger partial charge on any atom is 2.00 e. The van der Waals surface area contributed by atoms with Crippen LogP contribution < -0.4 is 16.4 Å². The van der Waals surface area contributed by atoms with Gasteiger partial charge in [0.05, 0.1) is 11.3 Å². The normalized spacial score (nSPS) is 12.5. The van der Waals surface area contributed by atoms with Crippen LogP contribution in [0.3, 0.4) is 0 Å². The molecule has 3 radical (unpaired) electrons. The molecule has 0 amide bonds. The molecular weight excluding hydrogens is 845 g/mol. The fourth-order valence-electron chi connectivity index (χ4n) is 5.57. The Bertz CT molecular complexity index is 2050. The first-order chi connectivity index (χ1) is 26.3. The van der Waals surface area contributed by atoms with Crippen molar-refractivity contribution >= 4 is 40.1 Å². The molecule has 3 nitrogen and oxygen atoms in total. The smallest absolute Gasteiger partial charge is 0.672 e. The summed E-state index contributed by atoms with van der Waals surface area (Å²) in [5.41, 5.74) is -10.5. The molecule has 0 heterocycles. The topological polar surface area (TPSA) is 38.7 Å². The SMILES string of the molecule is CCC(CC)=Nc1ccccc1C(=O)O[B-](c1c(F)c(F)c(F)c(F)c1F)(c1c(F)c(F)c(F)c(F)c1F)c1c(F)c(F)c(F)c(F)c1F.[CH2][C]1[CH]C=CC=C1.[Ni+2]. The van der Waals surface area contributed by atoms with Crippen LogP contribution in [-0.4, -0.2) is 18.0 Å². The molecule has 0 unspecified atom stereocenters. The van der Waals surface area contributed by atoms with Crippen LogP contribution in [0.15, 0.2) is 53.6 Å². The second kappa shape index (κ2) is 18.5. The van der Waals surface area contributed by atoms with Crippen LogP contribution in [0.25, 0.3) is 0 Å². The van der Waals surface area contributed by atoms with E-state index in [0.717, 1.165) is 18.1 Å². The molecule has 0 saturated carbocycles. The molecule has 303 valence electrons.